The van der Waals surface area contributed by atoms with Crippen LogP contribution < -0.4 is 10.6 Å². The van der Waals surface area contributed by atoms with Crippen LogP contribution in [-0.4, -0.2) is 37.7 Å². The van der Waals surface area contributed by atoms with Gasteiger partial charge in [0, 0.05) is 18.7 Å². The molecule has 5 heteroatoms. The summed E-state index contributed by atoms with van der Waals surface area (Å²) in [4.78, 5) is 12.0. The summed E-state index contributed by atoms with van der Waals surface area (Å²) in [5, 5.41) is 6.55. The molecule has 2 rings (SSSR count). The summed E-state index contributed by atoms with van der Waals surface area (Å²) < 4.78 is 5.34. The molecule has 2 aliphatic heterocycles. The highest BCUT2D eigenvalue weighted by Gasteiger charge is 2.27. The smallest absolute Gasteiger partial charge is 0.225 e. The van der Waals surface area contributed by atoms with Crippen LogP contribution in [0, 0.1) is 5.92 Å². The first-order valence-corrected chi connectivity index (χ1v) is 6.39. The van der Waals surface area contributed by atoms with E-state index in [-0.39, 0.29) is 24.2 Å². The summed E-state index contributed by atoms with van der Waals surface area (Å²) in [5.41, 5.74) is 0. The van der Waals surface area contributed by atoms with Gasteiger partial charge in [-0.3, -0.25) is 4.79 Å². The molecule has 2 fully saturated rings. The number of piperidine rings is 1. The lowest BCUT2D eigenvalue weighted by atomic mass is 9.97. The van der Waals surface area contributed by atoms with Crippen LogP contribution in [0.4, 0.5) is 0 Å². The topological polar surface area (TPSA) is 50.4 Å². The highest BCUT2D eigenvalue weighted by Crippen LogP contribution is 2.15. The number of halogens is 1. The quantitative estimate of drug-likeness (QED) is 0.783. The van der Waals surface area contributed by atoms with Crippen molar-refractivity contribution in [1.29, 1.82) is 0 Å². The molecule has 0 spiro atoms. The van der Waals surface area contributed by atoms with Gasteiger partial charge in [0.05, 0.1) is 12.5 Å². The molecule has 0 aliphatic carbocycles. The molecule has 2 heterocycles. The Labute approximate surface area is 109 Å². The van der Waals surface area contributed by atoms with Crippen LogP contribution in [-0.2, 0) is 9.53 Å². The molecule has 0 bridgehead atoms. The molecule has 2 saturated heterocycles. The van der Waals surface area contributed by atoms with Crippen molar-refractivity contribution in [3.63, 3.8) is 0 Å². The Morgan fingerprint density at radius 3 is 2.82 bits per heavy atom. The number of rotatable bonds is 2. The average Bonchev–Trinajstić information content (AvgIpc) is 2.33. The molecule has 0 saturated carbocycles. The molecular weight excluding hydrogens is 240 g/mol. The molecule has 0 aromatic rings. The maximum absolute atomic E-state index is 12.0. The van der Waals surface area contributed by atoms with Crippen molar-refractivity contribution < 1.29 is 9.53 Å². The predicted molar refractivity (Wildman–Crippen MR) is 69.4 cm³/mol. The zero-order valence-electron chi connectivity index (χ0n) is 10.4. The molecule has 100 valence electrons. The van der Waals surface area contributed by atoms with Crippen molar-refractivity contribution in [2.75, 3.05) is 19.8 Å². The largest absolute Gasteiger partial charge is 0.381 e. The molecule has 1 amide bonds. The third-order valence-corrected chi connectivity index (χ3v) is 3.62. The van der Waals surface area contributed by atoms with E-state index in [0.29, 0.717) is 18.7 Å². The van der Waals surface area contributed by atoms with E-state index in [4.69, 9.17) is 4.74 Å². The Kier molecular flexibility index (Phi) is 6.23. The standard InChI is InChI=1S/C12H22N2O2.ClH/c1-9-11(5-2-6-13-9)14-12(15)10-4-3-7-16-8-10;/h9-11,13H,2-8H2,1H3,(H,14,15);1H. The van der Waals surface area contributed by atoms with Gasteiger partial charge in [-0.15, -0.1) is 12.4 Å². The molecular formula is C12H23ClN2O2. The van der Waals surface area contributed by atoms with Crippen molar-refractivity contribution in [3.8, 4) is 0 Å². The first kappa shape index (κ1) is 14.7. The summed E-state index contributed by atoms with van der Waals surface area (Å²) >= 11 is 0. The lowest BCUT2D eigenvalue weighted by Crippen LogP contribution is -2.53. The summed E-state index contributed by atoms with van der Waals surface area (Å²) in [6.07, 6.45) is 4.22. The molecule has 2 aliphatic rings. The Morgan fingerprint density at radius 2 is 2.18 bits per heavy atom. The van der Waals surface area contributed by atoms with E-state index in [1.165, 1.54) is 0 Å². The van der Waals surface area contributed by atoms with Gasteiger partial charge in [-0.25, -0.2) is 0 Å². The van der Waals surface area contributed by atoms with Gasteiger partial charge in [-0.2, -0.15) is 0 Å². The first-order valence-electron chi connectivity index (χ1n) is 6.39. The fraction of sp³-hybridized carbons (Fsp3) is 0.917. The number of carbonyl (C=O) groups excluding carboxylic acids is 1. The number of amides is 1. The van der Waals surface area contributed by atoms with Crippen LogP contribution in [0.5, 0.6) is 0 Å². The minimum Gasteiger partial charge on any atom is -0.381 e. The van der Waals surface area contributed by atoms with Gasteiger partial charge in [-0.05, 0) is 39.2 Å². The number of carbonyl (C=O) groups is 1. The van der Waals surface area contributed by atoms with Crippen molar-refractivity contribution >= 4 is 18.3 Å². The third-order valence-electron chi connectivity index (χ3n) is 3.62. The maximum Gasteiger partial charge on any atom is 0.225 e. The third kappa shape index (κ3) is 4.12. The van der Waals surface area contributed by atoms with E-state index < -0.39 is 0 Å². The molecule has 0 aromatic carbocycles. The highest BCUT2D eigenvalue weighted by molar-refractivity contribution is 5.85. The zero-order valence-corrected chi connectivity index (χ0v) is 11.2. The van der Waals surface area contributed by atoms with Gasteiger partial charge < -0.3 is 15.4 Å². The minimum absolute atomic E-state index is 0. The van der Waals surface area contributed by atoms with E-state index in [9.17, 15) is 4.79 Å². The molecule has 4 nitrogen and oxygen atoms in total. The second kappa shape index (κ2) is 7.19. The van der Waals surface area contributed by atoms with Crippen LogP contribution in [0.2, 0.25) is 0 Å². The predicted octanol–water partition coefficient (Wildman–Crippen LogP) is 1.09. The number of ether oxygens (including phenoxy) is 1. The van der Waals surface area contributed by atoms with Gasteiger partial charge in [0.1, 0.15) is 0 Å². The minimum atomic E-state index is 0. The maximum atomic E-state index is 12.0. The van der Waals surface area contributed by atoms with E-state index in [0.717, 1.165) is 38.8 Å². The SMILES string of the molecule is CC1NCCCC1NC(=O)C1CCCOC1.Cl. The van der Waals surface area contributed by atoms with Crippen LogP contribution in [0.1, 0.15) is 32.6 Å². The fourth-order valence-electron chi connectivity index (χ4n) is 2.49. The Bertz CT molecular complexity index is 245. The van der Waals surface area contributed by atoms with Gasteiger partial charge in [-0.1, -0.05) is 0 Å². The van der Waals surface area contributed by atoms with Crippen molar-refractivity contribution in [3.05, 3.63) is 0 Å². The van der Waals surface area contributed by atoms with Gasteiger partial charge in [0.15, 0.2) is 0 Å². The highest BCUT2D eigenvalue weighted by atomic mass is 35.5. The fourth-order valence-corrected chi connectivity index (χ4v) is 2.49. The van der Waals surface area contributed by atoms with Crippen LogP contribution >= 0.6 is 12.4 Å². The van der Waals surface area contributed by atoms with E-state index >= 15 is 0 Å². The number of hydrogen-bond acceptors (Lipinski definition) is 3. The van der Waals surface area contributed by atoms with E-state index in [2.05, 4.69) is 17.6 Å². The Hall–Kier alpha value is -0.320. The van der Waals surface area contributed by atoms with Crippen LogP contribution in [0.25, 0.3) is 0 Å². The number of hydrogen-bond donors (Lipinski definition) is 2. The number of nitrogens with one attached hydrogen (secondary N) is 2. The van der Waals surface area contributed by atoms with Crippen LogP contribution in [0.3, 0.4) is 0 Å². The van der Waals surface area contributed by atoms with E-state index in [1.807, 2.05) is 0 Å². The van der Waals surface area contributed by atoms with E-state index in [1.54, 1.807) is 0 Å². The van der Waals surface area contributed by atoms with Gasteiger partial charge in [0.25, 0.3) is 0 Å². The molecule has 0 radical (unpaired) electrons. The summed E-state index contributed by atoms with van der Waals surface area (Å²) in [6.45, 7) is 4.62. The monoisotopic (exact) mass is 262 g/mol. The molecule has 17 heavy (non-hydrogen) atoms. The summed E-state index contributed by atoms with van der Waals surface area (Å²) in [5.74, 6) is 0.253. The zero-order chi connectivity index (χ0) is 11.4. The Balaban J connectivity index is 0.00000144. The van der Waals surface area contributed by atoms with Crippen molar-refractivity contribution in [1.82, 2.24) is 10.6 Å². The average molecular weight is 263 g/mol. The van der Waals surface area contributed by atoms with Crippen molar-refractivity contribution in [2.45, 2.75) is 44.7 Å². The molecule has 2 N–H and O–H groups in total. The lowest BCUT2D eigenvalue weighted by Gasteiger charge is -2.32. The van der Waals surface area contributed by atoms with Crippen molar-refractivity contribution in [2.24, 2.45) is 5.92 Å². The second-order valence-corrected chi connectivity index (χ2v) is 4.91. The summed E-state index contributed by atoms with van der Waals surface area (Å²) in [6, 6.07) is 0.686. The molecule has 3 unspecified atom stereocenters. The lowest BCUT2D eigenvalue weighted by molar-refractivity contribution is -0.130. The van der Waals surface area contributed by atoms with Gasteiger partial charge >= 0.3 is 0 Å². The molecule has 3 atom stereocenters. The first-order chi connectivity index (χ1) is 7.77. The Morgan fingerprint density at radius 1 is 1.35 bits per heavy atom. The molecule has 0 aromatic heterocycles. The van der Waals surface area contributed by atoms with Crippen LogP contribution in [0.15, 0.2) is 0 Å². The summed E-state index contributed by atoms with van der Waals surface area (Å²) in [7, 11) is 0. The second-order valence-electron chi connectivity index (χ2n) is 4.91. The van der Waals surface area contributed by atoms with Gasteiger partial charge in [0.2, 0.25) is 5.91 Å². The normalized spacial score (nSPS) is 33.6.